The highest BCUT2D eigenvalue weighted by Crippen LogP contribution is 2.53. The fourth-order valence-electron chi connectivity index (χ4n) is 11.4. The van der Waals surface area contributed by atoms with Gasteiger partial charge in [0.15, 0.2) is 0 Å². The van der Waals surface area contributed by atoms with Crippen LogP contribution in [0.4, 0.5) is 28.4 Å². The Labute approximate surface area is 407 Å². The van der Waals surface area contributed by atoms with Gasteiger partial charge in [-0.15, -0.1) is 11.3 Å². The van der Waals surface area contributed by atoms with Crippen LogP contribution >= 0.6 is 11.3 Å². The molecule has 344 valence electrons. The first kappa shape index (κ1) is 45.7. The standard InChI is InChI=1S/C63H73BN2S/c1-37-32-51-54-55(53(37)44-28-24-41(60(8,9)10)33-45(44)38-18-20-39(21-19-38)58(2,3)4)65-50-29-25-42(61(11,12)13)34-49(50)64(54)57-56(66(51)43-26-22-40(23-27-43)59(5,6)7)46-35-47-48(36-52(46)67-57)63(16,17)31-30-62(47,14)15/h18-29,32-36,65H,30-31H2,1-17H3. The number of hydrogen-bond acceptors (Lipinski definition) is 3. The Balaban J connectivity index is 1.32. The maximum absolute atomic E-state index is 4.23. The van der Waals surface area contributed by atoms with E-state index < -0.39 is 0 Å². The lowest BCUT2D eigenvalue weighted by Gasteiger charge is -2.42. The normalized spacial score (nSPS) is 16.3. The van der Waals surface area contributed by atoms with E-state index in [-0.39, 0.29) is 39.2 Å². The predicted octanol–water partition coefficient (Wildman–Crippen LogP) is 16.4. The molecule has 67 heavy (non-hydrogen) atoms. The Kier molecular flexibility index (Phi) is 10.2. The molecule has 3 aliphatic rings. The molecule has 7 aromatic rings. The summed E-state index contributed by atoms with van der Waals surface area (Å²) in [6, 6.07) is 41.3. The Morgan fingerprint density at radius 3 is 1.67 bits per heavy atom. The van der Waals surface area contributed by atoms with E-state index in [4.69, 9.17) is 0 Å². The van der Waals surface area contributed by atoms with Crippen LogP contribution in [-0.2, 0) is 32.5 Å². The summed E-state index contributed by atoms with van der Waals surface area (Å²) in [5, 5.41) is 5.61. The first-order valence-electron chi connectivity index (χ1n) is 25.0. The Bertz CT molecular complexity index is 3130. The van der Waals surface area contributed by atoms with Gasteiger partial charge in [0.25, 0.3) is 6.71 Å². The molecule has 0 saturated heterocycles. The number of nitrogens with zero attached hydrogens (tertiary/aromatic N) is 1. The van der Waals surface area contributed by atoms with Crippen molar-refractivity contribution >= 4 is 72.3 Å². The minimum atomic E-state index is -0.00485. The Morgan fingerprint density at radius 2 is 1.09 bits per heavy atom. The van der Waals surface area contributed by atoms with Crippen LogP contribution in [0.3, 0.4) is 0 Å². The van der Waals surface area contributed by atoms with Crippen molar-refractivity contribution in [1.82, 2.24) is 0 Å². The molecule has 0 saturated carbocycles. The summed E-state index contributed by atoms with van der Waals surface area (Å²) in [4.78, 5) is 2.66. The van der Waals surface area contributed by atoms with Gasteiger partial charge in [-0.1, -0.05) is 171 Å². The van der Waals surface area contributed by atoms with E-state index in [1.807, 2.05) is 11.3 Å². The molecule has 10 rings (SSSR count). The van der Waals surface area contributed by atoms with Crippen molar-refractivity contribution in [1.29, 1.82) is 0 Å². The summed E-state index contributed by atoms with van der Waals surface area (Å²) in [6.45, 7) is 40.2. The van der Waals surface area contributed by atoms with E-state index in [1.54, 1.807) is 0 Å². The summed E-state index contributed by atoms with van der Waals surface area (Å²) in [5.41, 5.74) is 24.1. The summed E-state index contributed by atoms with van der Waals surface area (Å²) in [6.07, 6.45) is 2.39. The van der Waals surface area contributed by atoms with Crippen LogP contribution in [0.1, 0.15) is 163 Å². The highest BCUT2D eigenvalue weighted by molar-refractivity contribution is 7.33. The molecule has 6 aromatic carbocycles. The fraction of sp³-hybridized carbons (Fsp3) is 0.397. The van der Waals surface area contributed by atoms with Crippen molar-refractivity contribution in [2.75, 3.05) is 10.2 Å². The second kappa shape index (κ2) is 15.0. The second-order valence-corrected chi connectivity index (χ2v) is 27.0. The largest absolute Gasteiger partial charge is 0.356 e. The van der Waals surface area contributed by atoms with Gasteiger partial charge >= 0.3 is 0 Å². The van der Waals surface area contributed by atoms with Crippen LogP contribution in [0.2, 0.25) is 0 Å². The van der Waals surface area contributed by atoms with Crippen molar-refractivity contribution in [2.45, 2.75) is 163 Å². The zero-order chi connectivity index (χ0) is 48.1. The maximum atomic E-state index is 4.23. The van der Waals surface area contributed by atoms with Crippen molar-refractivity contribution in [3.63, 3.8) is 0 Å². The van der Waals surface area contributed by atoms with Crippen molar-refractivity contribution in [2.24, 2.45) is 0 Å². The van der Waals surface area contributed by atoms with Gasteiger partial charge < -0.3 is 10.2 Å². The molecule has 0 fully saturated rings. The van der Waals surface area contributed by atoms with Gasteiger partial charge in [-0.05, 0) is 161 Å². The topological polar surface area (TPSA) is 15.3 Å². The molecule has 4 heteroatoms. The number of rotatable bonds is 3. The van der Waals surface area contributed by atoms with Gasteiger partial charge in [0, 0.05) is 43.2 Å². The summed E-state index contributed by atoms with van der Waals surface area (Å²) >= 11 is 2.04. The van der Waals surface area contributed by atoms with Crippen molar-refractivity contribution in [3.05, 3.63) is 142 Å². The van der Waals surface area contributed by atoms with E-state index in [0.29, 0.717) is 0 Å². The van der Waals surface area contributed by atoms with Crippen molar-refractivity contribution in [3.8, 4) is 22.3 Å². The van der Waals surface area contributed by atoms with Gasteiger partial charge in [0.1, 0.15) is 0 Å². The highest BCUT2D eigenvalue weighted by atomic mass is 32.1. The van der Waals surface area contributed by atoms with Gasteiger partial charge in [-0.2, -0.15) is 0 Å². The lowest BCUT2D eigenvalue weighted by molar-refractivity contribution is 0.332. The summed E-state index contributed by atoms with van der Waals surface area (Å²) in [5.74, 6) is 0. The molecule has 1 N–H and O–H groups in total. The number of fused-ring (bicyclic) bond motifs is 7. The second-order valence-electron chi connectivity index (χ2n) is 25.9. The van der Waals surface area contributed by atoms with Crippen LogP contribution in [0.15, 0.2) is 103 Å². The van der Waals surface area contributed by atoms with E-state index in [2.05, 4.69) is 231 Å². The lowest BCUT2D eigenvalue weighted by Crippen LogP contribution is -2.59. The van der Waals surface area contributed by atoms with Crippen LogP contribution < -0.4 is 25.9 Å². The van der Waals surface area contributed by atoms with E-state index in [9.17, 15) is 0 Å². The summed E-state index contributed by atoms with van der Waals surface area (Å²) < 4.78 is 2.83. The molecule has 2 nitrogen and oxygen atoms in total. The number of hydrogen-bond donors (Lipinski definition) is 1. The number of nitrogens with one attached hydrogen (secondary N) is 1. The van der Waals surface area contributed by atoms with E-state index in [0.717, 1.165) is 0 Å². The molecule has 0 unspecified atom stereocenters. The molecular formula is C63H73BN2S. The number of benzene rings is 6. The van der Waals surface area contributed by atoms with Gasteiger partial charge in [-0.3, -0.25) is 0 Å². The molecule has 1 aromatic heterocycles. The zero-order valence-corrected chi connectivity index (χ0v) is 44.5. The fourth-order valence-corrected chi connectivity index (χ4v) is 12.8. The third-order valence-corrected chi connectivity index (χ3v) is 17.1. The molecule has 0 radical (unpaired) electrons. The minimum absolute atomic E-state index is 0.00245. The molecule has 0 bridgehead atoms. The third-order valence-electron chi connectivity index (χ3n) is 15.9. The van der Waals surface area contributed by atoms with Gasteiger partial charge in [-0.25, -0.2) is 0 Å². The quantitative estimate of drug-likeness (QED) is 0.178. The average Bonchev–Trinajstić information content (AvgIpc) is 3.61. The monoisotopic (exact) mass is 901 g/mol. The number of thiophene rings is 1. The Morgan fingerprint density at radius 1 is 0.567 bits per heavy atom. The molecule has 2 aliphatic heterocycles. The van der Waals surface area contributed by atoms with Crippen LogP contribution in [0, 0.1) is 6.92 Å². The van der Waals surface area contributed by atoms with Crippen molar-refractivity contribution < 1.29 is 0 Å². The molecule has 0 atom stereocenters. The minimum Gasteiger partial charge on any atom is -0.356 e. The molecular weight excluding hydrogens is 828 g/mol. The highest BCUT2D eigenvalue weighted by Gasteiger charge is 2.46. The molecule has 0 spiro atoms. The number of aryl methyl sites for hydroxylation is 1. The summed E-state index contributed by atoms with van der Waals surface area (Å²) in [7, 11) is 0. The first-order valence-corrected chi connectivity index (χ1v) is 25.8. The molecule has 3 heterocycles. The predicted molar refractivity (Wildman–Crippen MR) is 297 cm³/mol. The lowest BCUT2D eigenvalue weighted by atomic mass is 9.36. The molecule has 1 aliphatic carbocycles. The van der Waals surface area contributed by atoms with Crippen LogP contribution in [-0.4, -0.2) is 6.71 Å². The van der Waals surface area contributed by atoms with Gasteiger partial charge in [0.05, 0.1) is 5.69 Å². The third kappa shape index (κ3) is 7.51. The zero-order valence-electron chi connectivity index (χ0n) is 43.7. The number of anilines is 5. The SMILES string of the molecule is Cc1cc2c3c(c1-c1ccc(C(C)(C)C)cc1-c1ccc(C(C)(C)C)cc1)Nc1ccc(C(C)(C)C)cc1B3c1sc3cc4c(cc3c1N2c1ccc(C(C)(C)C)cc1)C(C)(C)CCC4(C)C. The first-order chi connectivity index (χ1) is 31.1. The Hall–Kier alpha value is -5.06. The molecule has 0 amide bonds. The average molecular weight is 901 g/mol. The van der Waals surface area contributed by atoms with Crippen LogP contribution in [0.5, 0.6) is 0 Å². The van der Waals surface area contributed by atoms with E-state index in [1.165, 1.54) is 128 Å². The smallest absolute Gasteiger partial charge is 0.264 e. The van der Waals surface area contributed by atoms with E-state index >= 15 is 0 Å². The van der Waals surface area contributed by atoms with Gasteiger partial charge in [0.2, 0.25) is 0 Å². The maximum Gasteiger partial charge on any atom is 0.264 e. The van der Waals surface area contributed by atoms with Crippen LogP contribution in [0.25, 0.3) is 32.3 Å².